The Balaban J connectivity index is 3.12. The van der Waals surface area contributed by atoms with E-state index < -0.39 is 0 Å². The van der Waals surface area contributed by atoms with Crippen LogP contribution in [0.3, 0.4) is 0 Å². The van der Waals surface area contributed by atoms with Crippen LogP contribution >= 0.6 is 15.9 Å². The largest absolute Gasteiger partial charge is 0.396 e. The number of halogens is 1. The average molecular weight is 266 g/mol. The first-order valence-electron chi connectivity index (χ1n) is 4.08. The van der Waals surface area contributed by atoms with Gasteiger partial charge in [0, 0.05) is 6.20 Å². The van der Waals surface area contributed by atoms with Gasteiger partial charge < -0.3 is 10.6 Å². The summed E-state index contributed by atoms with van der Waals surface area (Å²) in [6, 6.07) is 3.97. The molecule has 0 aromatic carbocycles. The molecule has 0 aliphatic rings. The Hall–Kier alpha value is -1.79. The van der Waals surface area contributed by atoms with Crippen LogP contribution in [0.5, 0.6) is 0 Å². The normalized spacial score (nSPS) is 9.00. The van der Waals surface area contributed by atoms with Gasteiger partial charge in [0.05, 0.1) is 34.2 Å². The first-order valence-corrected chi connectivity index (χ1v) is 4.87. The van der Waals surface area contributed by atoms with E-state index in [4.69, 9.17) is 16.3 Å². The number of aromatic nitrogens is 1. The predicted octanol–water partition coefficient (Wildman–Crippen LogP) is 1.28. The van der Waals surface area contributed by atoms with E-state index in [1.807, 2.05) is 12.1 Å². The van der Waals surface area contributed by atoms with Gasteiger partial charge in [-0.25, -0.2) is 0 Å². The van der Waals surface area contributed by atoms with Crippen LogP contribution in [0, 0.1) is 22.7 Å². The zero-order valence-corrected chi connectivity index (χ0v) is 9.40. The molecular formula is C9H8BrN5. The van der Waals surface area contributed by atoms with Crippen molar-refractivity contribution in [2.75, 3.05) is 23.7 Å². The number of nitrogens with zero attached hydrogens (tertiary/aromatic N) is 4. The van der Waals surface area contributed by atoms with Gasteiger partial charge in [0.2, 0.25) is 0 Å². The summed E-state index contributed by atoms with van der Waals surface area (Å²) in [5.74, 6) is 0. The second-order valence-corrected chi connectivity index (χ2v) is 3.59. The number of rotatable bonds is 3. The summed E-state index contributed by atoms with van der Waals surface area (Å²) in [5, 5.41) is 17.3. The smallest absolute Gasteiger partial charge is 0.107 e. The van der Waals surface area contributed by atoms with E-state index in [0.29, 0.717) is 15.8 Å². The molecule has 1 aromatic rings. The minimum atomic E-state index is 0.111. The van der Waals surface area contributed by atoms with E-state index in [1.165, 1.54) is 6.20 Å². The maximum absolute atomic E-state index is 8.63. The summed E-state index contributed by atoms with van der Waals surface area (Å²) >= 11 is 3.28. The van der Waals surface area contributed by atoms with Crippen molar-refractivity contribution in [2.24, 2.45) is 0 Å². The Bertz CT molecular complexity index is 395. The van der Waals surface area contributed by atoms with Crippen LogP contribution in [0.4, 0.5) is 11.4 Å². The molecular weight excluding hydrogens is 258 g/mol. The molecule has 2 N–H and O–H groups in total. The Morgan fingerprint density at radius 1 is 1.33 bits per heavy atom. The molecule has 0 spiro atoms. The number of anilines is 2. The Labute approximate surface area is 95.9 Å². The molecule has 0 aliphatic heterocycles. The lowest BCUT2D eigenvalue weighted by atomic mass is 10.3. The SMILES string of the molecule is N#CCN(CC#N)c1c(N)cncc1Br. The fourth-order valence-corrected chi connectivity index (χ4v) is 1.76. The Kier molecular flexibility index (Phi) is 3.90. The van der Waals surface area contributed by atoms with Gasteiger partial charge >= 0.3 is 0 Å². The molecule has 1 rings (SSSR count). The van der Waals surface area contributed by atoms with Crippen molar-refractivity contribution >= 4 is 27.3 Å². The van der Waals surface area contributed by atoms with Crippen LogP contribution in [-0.2, 0) is 0 Å². The van der Waals surface area contributed by atoms with E-state index in [2.05, 4.69) is 20.9 Å². The summed E-state index contributed by atoms with van der Waals surface area (Å²) in [7, 11) is 0. The quantitative estimate of drug-likeness (QED) is 0.832. The molecule has 0 saturated carbocycles. The van der Waals surface area contributed by atoms with Crippen molar-refractivity contribution in [1.29, 1.82) is 10.5 Å². The van der Waals surface area contributed by atoms with Gasteiger partial charge in [-0.3, -0.25) is 4.98 Å². The van der Waals surface area contributed by atoms with Crippen LogP contribution in [0.2, 0.25) is 0 Å². The van der Waals surface area contributed by atoms with Crippen molar-refractivity contribution in [2.45, 2.75) is 0 Å². The molecule has 5 nitrogen and oxygen atoms in total. The highest BCUT2D eigenvalue weighted by molar-refractivity contribution is 9.10. The lowest BCUT2D eigenvalue weighted by Gasteiger charge is -2.20. The minimum absolute atomic E-state index is 0.111. The van der Waals surface area contributed by atoms with Crippen molar-refractivity contribution < 1.29 is 0 Å². The lowest BCUT2D eigenvalue weighted by Crippen LogP contribution is -2.25. The molecule has 0 radical (unpaired) electrons. The number of hydrogen-bond donors (Lipinski definition) is 1. The third-order valence-corrected chi connectivity index (χ3v) is 2.32. The molecule has 0 atom stereocenters. The number of nitrogens with two attached hydrogens (primary N) is 1. The first kappa shape index (κ1) is 11.3. The van der Waals surface area contributed by atoms with Gasteiger partial charge in [0.1, 0.15) is 13.1 Å². The third-order valence-electron chi connectivity index (χ3n) is 1.74. The van der Waals surface area contributed by atoms with E-state index in [0.717, 1.165) is 0 Å². The van der Waals surface area contributed by atoms with Crippen LogP contribution in [-0.4, -0.2) is 18.1 Å². The molecule has 1 aromatic heterocycles. The Morgan fingerprint density at radius 2 is 1.93 bits per heavy atom. The van der Waals surface area contributed by atoms with E-state index in [9.17, 15) is 0 Å². The number of nitriles is 2. The Morgan fingerprint density at radius 3 is 2.40 bits per heavy atom. The highest BCUT2D eigenvalue weighted by atomic mass is 79.9. The molecule has 0 bridgehead atoms. The third kappa shape index (κ3) is 2.58. The second kappa shape index (κ2) is 5.18. The molecule has 0 fully saturated rings. The fourth-order valence-electron chi connectivity index (χ4n) is 1.16. The van der Waals surface area contributed by atoms with Gasteiger partial charge in [0.15, 0.2) is 0 Å². The summed E-state index contributed by atoms with van der Waals surface area (Å²) in [5.41, 5.74) is 6.80. The average Bonchev–Trinajstić information content (AvgIpc) is 2.18. The van der Waals surface area contributed by atoms with E-state index in [1.54, 1.807) is 11.1 Å². The van der Waals surface area contributed by atoms with Crippen LogP contribution in [0.25, 0.3) is 0 Å². The monoisotopic (exact) mass is 265 g/mol. The van der Waals surface area contributed by atoms with Crippen LogP contribution < -0.4 is 10.6 Å². The van der Waals surface area contributed by atoms with Crippen molar-refractivity contribution in [1.82, 2.24) is 4.98 Å². The molecule has 0 amide bonds. The molecule has 0 unspecified atom stereocenters. The van der Waals surface area contributed by atoms with Gasteiger partial charge in [-0.05, 0) is 15.9 Å². The molecule has 0 aliphatic carbocycles. The highest BCUT2D eigenvalue weighted by Crippen LogP contribution is 2.30. The zero-order chi connectivity index (χ0) is 11.3. The number of pyridine rings is 1. The molecule has 15 heavy (non-hydrogen) atoms. The van der Waals surface area contributed by atoms with Crippen molar-refractivity contribution in [3.8, 4) is 12.1 Å². The van der Waals surface area contributed by atoms with Gasteiger partial charge in [-0.1, -0.05) is 0 Å². The number of hydrogen-bond acceptors (Lipinski definition) is 5. The highest BCUT2D eigenvalue weighted by Gasteiger charge is 2.12. The van der Waals surface area contributed by atoms with Gasteiger partial charge in [0.25, 0.3) is 0 Å². The molecule has 76 valence electrons. The summed E-state index contributed by atoms with van der Waals surface area (Å²) in [4.78, 5) is 5.47. The van der Waals surface area contributed by atoms with Crippen LogP contribution in [0.1, 0.15) is 0 Å². The van der Waals surface area contributed by atoms with Gasteiger partial charge in [-0.2, -0.15) is 10.5 Å². The maximum Gasteiger partial charge on any atom is 0.107 e. The molecule has 6 heteroatoms. The second-order valence-electron chi connectivity index (χ2n) is 2.73. The van der Waals surface area contributed by atoms with Crippen molar-refractivity contribution in [3.05, 3.63) is 16.9 Å². The van der Waals surface area contributed by atoms with Crippen molar-refractivity contribution in [3.63, 3.8) is 0 Å². The summed E-state index contributed by atoms with van der Waals surface area (Å²) in [6.07, 6.45) is 3.06. The summed E-state index contributed by atoms with van der Waals surface area (Å²) in [6.45, 7) is 0.223. The maximum atomic E-state index is 8.63. The molecule has 0 saturated heterocycles. The van der Waals surface area contributed by atoms with E-state index >= 15 is 0 Å². The minimum Gasteiger partial charge on any atom is -0.396 e. The predicted molar refractivity (Wildman–Crippen MR) is 59.8 cm³/mol. The van der Waals surface area contributed by atoms with Crippen LogP contribution in [0.15, 0.2) is 16.9 Å². The molecule has 1 heterocycles. The summed E-state index contributed by atoms with van der Waals surface area (Å²) < 4.78 is 0.674. The first-order chi connectivity index (χ1) is 7.20. The lowest BCUT2D eigenvalue weighted by molar-refractivity contribution is 0.961. The standard InChI is InChI=1S/C9H8BrN5/c10-7-5-14-6-8(13)9(7)15(3-1-11)4-2-12/h5-6H,3-4,13H2. The fraction of sp³-hybridized carbons (Fsp3) is 0.222. The number of nitrogen functional groups attached to an aromatic ring is 1. The topological polar surface area (TPSA) is 89.7 Å². The van der Waals surface area contributed by atoms with Gasteiger partial charge in [-0.15, -0.1) is 0 Å². The van der Waals surface area contributed by atoms with E-state index in [-0.39, 0.29) is 13.1 Å². The zero-order valence-electron chi connectivity index (χ0n) is 7.81.